The van der Waals surface area contributed by atoms with Crippen molar-refractivity contribution in [2.75, 3.05) is 32.1 Å². The van der Waals surface area contributed by atoms with Crippen LogP contribution in [0, 0.1) is 5.41 Å². The molecule has 0 N–H and O–H groups in total. The van der Waals surface area contributed by atoms with Gasteiger partial charge in [-0.25, -0.2) is 12.7 Å². The zero-order valence-electron chi connectivity index (χ0n) is 8.53. The molecule has 0 aromatic carbocycles. The molecule has 5 heteroatoms. The van der Waals surface area contributed by atoms with Crippen LogP contribution in [0.15, 0.2) is 0 Å². The van der Waals surface area contributed by atoms with Gasteiger partial charge in [-0.15, -0.1) is 0 Å². The summed E-state index contributed by atoms with van der Waals surface area (Å²) in [4.78, 5) is 0. The third kappa shape index (κ3) is 1.94. The van der Waals surface area contributed by atoms with Crippen molar-refractivity contribution < 1.29 is 13.2 Å². The van der Waals surface area contributed by atoms with Crippen molar-refractivity contribution in [3.8, 4) is 0 Å². The van der Waals surface area contributed by atoms with Gasteiger partial charge in [0.05, 0.1) is 19.0 Å². The van der Waals surface area contributed by atoms with Gasteiger partial charge in [-0.1, -0.05) is 6.92 Å². The van der Waals surface area contributed by atoms with Crippen molar-refractivity contribution in [2.45, 2.75) is 19.8 Å². The molecule has 0 aromatic heterocycles. The highest BCUT2D eigenvalue weighted by Crippen LogP contribution is 2.30. The maximum Gasteiger partial charge on any atom is 0.214 e. The molecule has 4 nitrogen and oxygen atoms in total. The van der Waals surface area contributed by atoms with Gasteiger partial charge in [0.15, 0.2) is 0 Å². The van der Waals surface area contributed by atoms with E-state index in [1.165, 1.54) is 0 Å². The number of rotatable bonds is 3. The Kier molecular flexibility index (Phi) is 2.57. The van der Waals surface area contributed by atoms with Crippen molar-refractivity contribution in [2.24, 2.45) is 5.41 Å². The van der Waals surface area contributed by atoms with Crippen molar-refractivity contribution in [3.05, 3.63) is 0 Å². The van der Waals surface area contributed by atoms with Crippen molar-refractivity contribution in [1.82, 2.24) is 4.31 Å². The first-order valence-electron chi connectivity index (χ1n) is 5.08. The summed E-state index contributed by atoms with van der Waals surface area (Å²) >= 11 is 0. The molecule has 0 saturated carbocycles. The van der Waals surface area contributed by atoms with Crippen LogP contribution in [0.25, 0.3) is 0 Å². The SMILES string of the molecule is CC1(CS(=O)(=O)N2CCCC2)COC1. The third-order valence-electron chi connectivity index (χ3n) is 2.89. The largest absolute Gasteiger partial charge is 0.380 e. The van der Waals surface area contributed by atoms with Gasteiger partial charge in [0, 0.05) is 18.5 Å². The summed E-state index contributed by atoms with van der Waals surface area (Å²) < 4.78 is 30.5. The van der Waals surface area contributed by atoms with Gasteiger partial charge >= 0.3 is 0 Å². The highest BCUT2D eigenvalue weighted by molar-refractivity contribution is 7.89. The summed E-state index contributed by atoms with van der Waals surface area (Å²) in [6, 6.07) is 0. The fourth-order valence-corrected chi connectivity index (χ4v) is 4.08. The molecule has 0 amide bonds. The highest BCUT2D eigenvalue weighted by atomic mass is 32.2. The minimum atomic E-state index is -3.03. The molecule has 82 valence electrons. The van der Waals surface area contributed by atoms with Gasteiger partial charge in [-0.3, -0.25) is 0 Å². The zero-order chi connectivity index (χ0) is 10.2. The van der Waals surface area contributed by atoms with E-state index >= 15 is 0 Å². The van der Waals surface area contributed by atoms with Crippen LogP contribution in [0.4, 0.5) is 0 Å². The van der Waals surface area contributed by atoms with Crippen LogP contribution in [0.5, 0.6) is 0 Å². The molecule has 2 heterocycles. The minimum absolute atomic E-state index is 0.137. The van der Waals surface area contributed by atoms with Gasteiger partial charge in [0.25, 0.3) is 0 Å². The molecule has 0 bridgehead atoms. The molecule has 2 saturated heterocycles. The van der Waals surface area contributed by atoms with Crippen LogP contribution in [0.1, 0.15) is 19.8 Å². The number of sulfonamides is 1. The second-order valence-electron chi connectivity index (χ2n) is 4.67. The predicted octanol–water partition coefficient (Wildman–Crippen LogP) is 0.449. The maximum absolute atomic E-state index is 11.9. The first-order chi connectivity index (χ1) is 6.52. The van der Waals surface area contributed by atoms with E-state index in [-0.39, 0.29) is 11.2 Å². The lowest BCUT2D eigenvalue weighted by molar-refractivity contribution is -0.0873. The van der Waals surface area contributed by atoms with Crippen molar-refractivity contribution in [3.63, 3.8) is 0 Å². The third-order valence-corrected chi connectivity index (χ3v) is 5.10. The molecular weight excluding hydrogens is 202 g/mol. The second-order valence-corrected chi connectivity index (χ2v) is 6.63. The Morgan fingerprint density at radius 2 is 1.86 bits per heavy atom. The average Bonchev–Trinajstić information content (AvgIpc) is 2.52. The summed E-state index contributed by atoms with van der Waals surface area (Å²) in [6.07, 6.45) is 2.01. The summed E-state index contributed by atoms with van der Waals surface area (Å²) in [6.45, 7) is 4.56. The Balaban J connectivity index is 2.01. The van der Waals surface area contributed by atoms with E-state index in [0.717, 1.165) is 12.8 Å². The molecule has 0 unspecified atom stereocenters. The fraction of sp³-hybridized carbons (Fsp3) is 1.00. The molecule has 2 rings (SSSR count). The van der Waals surface area contributed by atoms with Gasteiger partial charge < -0.3 is 4.74 Å². The standard InChI is InChI=1S/C9H17NO3S/c1-9(6-13-7-9)8-14(11,12)10-4-2-3-5-10/h2-8H2,1H3. The van der Waals surface area contributed by atoms with Gasteiger partial charge in [-0.2, -0.15) is 0 Å². The first-order valence-corrected chi connectivity index (χ1v) is 6.68. The topological polar surface area (TPSA) is 46.6 Å². The zero-order valence-corrected chi connectivity index (χ0v) is 9.35. The quantitative estimate of drug-likeness (QED) is 0.692. The van der Waals surface area contributed by atoms with Crippen molar-refractivity contribution >= 4 is 10.0 Å². The number of nitrogens with zero attached hydrogens (tertiary/aromatic N) is 1. The summed E-state index contributed by atoms with van der Waals surface area (Å²) in [5.41, 5.74) is -0.137. The molecular formula is C9H17NO3S. The molecule has 0 atom stereocenters. The fourth-order valence-electron chi connectivity index (χ4n) is 2.03. The molecule has 0 aliphatic carbocycles. The lowest BCUT2D eigenvalue weighted by Crippen LogP contribution is -2.48. The van der Waals surface area contributed by atoms with Crippen LogP contribution >= 0.6 is 0 Å². The second kappa shape index (κ2) is 3.47. The molecule has 2 aliphatic heterocycles. The Bertz CT molecular complexity index is 302. The van der Waals surface area contributed by atoms with E-state index < -0.39 is 10.0 Å². The summed E-state index contributed by atoms with van der Waals surface area (Å²) in [5.74, 6) is 0.250. The van der Waals surface area contributed by atoms with Gasteiger partial charge in [0.1, 0.15) is 0 Å². The molecule has 14 heavy (non-hydrogen) atoms. The van der Waals surface area contributed by atoms with E-state index in [1.54, 1.807) is 4.31 Å². The van der Waals surface area contributed by atoms with E-state index in [0.29, 0.717) is 26.3 Å². The highest BCUT2D eigenvalue weighted by Gasteiger charge is 2.40. The Morgan fingerprint density at radius 3 is 2.29 bits per heavy atom. The van der Waals surface area contributed by atoms with Crippen LogP contribution in [0.3, 0.4) is 0 Å². The molecule has 0 radical (unpaired) electrons. The monoisotopic (exact) mass is 219 g/mol. The smallest absolute Gasteiger partial charge is 0.214 e. The van der Waals surface area contributed by atoms with E-state index in [1.807, 2.05) is 6.92 Å². The molecule has 0 spiro atoms. The van der Waals surface area contributed by atoms with Crippen LogP contribution in [-0.4, -0.2) is 44.8 Å². The van der Waals surface area contributed by atoms with E-state index in [4.69, 9.17) is 4.74 Å². The van der Waals surface area contributed by atoms with E-state index in [9.17, 15) is 8.42 Å². The van der Waals surface area contributed by atoms with Crippen molar-refractivity contribution in [1.29, 1.82) is 0 Å². The Labute approximate surface area is 85.3 Å². The normalized spacial score (nSPS) is 27.5. The predicted molar refractivity (Wildman–Crippen MR) is 53.5 cm³/mol. The first kappa shape index (κ1) is 10.4. The average molecular weight is 219 g/mol. The molecule has 2 aliphatic rings. The Morgan fingerprint density at radius 1 is 1.29 bits per heavy atom. The Hall–Kier alpha value is -0.130. The molecule has 0 aromatic rings. The maximum atomic E-state index is 11.9. The lowest BCUT2D eigenvalue weighted by Gasteiger charge is -2.38. The van der Waals surface area contributed by atoms with Gasteiger partial charge in [0.2, 0.25) is 10.0 Å². The lowest BCUT2D eigenvalue weighted by atomic mass is 9.92. The van der Waals surface area contributed by atoms with Gasteiger partial charge in [-0.05, 0) is 12.8 Å². The number of hydrogen-bond donors (Lipinski definition) is 0. The summed E-state index contributed by atoms with van der Waals surface area (Å²) in [5, 5.41) is 0. The van der Waals surface area contributed by atoms with Crippen LogP contribution in [-0.2, 0) is 14.8 Å². The minimum Gasteiger partial charge on any atom is -0.380 e. The number of hydrogen-bond acceptors (Lipinski definition) is 3. The van der Waals surface area contributed by atoms with Crippen LogP contribution in [0.2, 0.25) is 0 Å². The summed E-state index contributed by atoms with van der Waals surface area (Å²) in [7, 11) is -3.03. The van der Waals surface area contributed by atoms with E-state index in [2.05, 4.69) is 0 Å². The van der Waals surface area contributed by atoms with Crippen LogP contribution < -0.4 is 0 Å². The number of ether oxygens (including phenoxy) is 1. The molecule has 2 fully saturated rings.